The van der Waals surface area contributed by atoms with Gasteiger partial charge in [-0.05, 0) is 6.07 Å². The maximum absolute atomic E-state index is 11.3. The van der Waals surface area contributed by atoms with Crippen molar-refractivity contribution in [3.63, 3.8) is 0 Å². The maximum Gasteiger partial charge on any atom is 0.407 e. The zero-order valence-corrected chi connectivity index (χ0v) is 11.8. The van der Waals surface area contributed by atoms with Crippen molar-refractivity contribution in [3.05, 3.63) is 17.7 Å². The lowest BCUT2D eigenvalue weighted by molar-refractivity contribution is 0.118. The first-order valence-electron chi connectivity index (χ1n) is 5.96. The quantitative estimate of drug-likeness (QED) is 0.775. The minimum absolute atomic E-state index is 0.0467. The van der Waals surface area contributed by atoms with Crippen LogP contribution in [0, 0.1) is 0 Å². The predicted molar refractivity (Wildman–Crippen MR) is 71.4 cm³/mol. The van der Waals surface area contributed by atoms with Crippen LogP contribution in [0.15, 0.2) is 12.1 Å². The van der Waals surface area contributed by atoms with Gasteiger partial charge in [-0.3, -0.25) is 0 Å². The van der Waals surface area contributed by atoms with Gasteiger partial charge in [0, 0.05) is 18.2 Å². The zero-order valence-electron chi connectivity index (χ0n) is 11.8. The lowest BCUT2D eigenvalue weighted by Crippen LogP contribution is -2.25. The molecule has 0 aliphatic carbocycles. The van der Waals surface area contributed by atoms with Crippen LogP contribution in [0.4, 0.5) is 4.79 Å². The van der Waals surface area contributed by atoms with Gasteiger partial charge in [0.2, 0.25) is 0 Å². The van der Waals surface area contributed by atoms with Crippen LogP contribution in [-0.4, -0.2) is 45.7 Å². The van der Waals surface area contributed by atoms with E-state index in [0.717, 1.165) is 0 Å². The number of methoxy groups -OCH3 is 3. The van der Waals surface area contributed by atoms with E-state index in [2.05, 4.69) is 5.32 Å². The summed E-state index contributed by atoms with van der Waals surface area (Å²) in [6.07, 6.45) is -0.615. The van der Waals surface area contributed by atoms with E-state index in [1.165, 1.54) is 21.3 Å². The van der Waals surface area contributed by atoms with Crippen LogP contribution in [0.1, 0.15) is 5.56 Å². The van der Waals surface area contributed by atoms with Gasteiger partial charge < -0.3 is 29.4 Å². The predicted octanol–water partition coefficient (Wildman–Crippen LogP) is 0.931. The lowest BCUT2D eigenvalue weighted by atomic mass is 10.1. The Hall–Kier alpha value is -2.15. The Labute approximate surface area is 117 Å². The van der Waals surface area contributed by atoms with Gasteiger partial charge in [-0.15, -0.1) is 0 Å². The molecular formula is C13H19NO6. The number of aliphatic hydroxyl groups is 1. The highest BCUT2D eigenvalue weighted by Gasteiger charge is 2.12. The van der Waals surface area contributed by atoms with Gasteiger partial charge in [0.25, 0.3) is 0 Å². The van der Waals surface area contributed by atoms with Crippen molar-refractivity contribution in [3.8, 4) is 17.2 Å². The molecule has 1 aromatic rings. The van der Waals surface area contributed by atoms with Crippen molar-refractivity contribution in [2.24, 2.45) is 0 Å². The Morgan fingerprint density at radius 1 is 1.10 bits per heavy atom. The maximum atomic E-state index is 11.3. The van der Waals surface area contributed by atoms with Crippen LogP contribution in [0.25, 0.3) is 0 Å². The van der Waals surface area contributed by atoms with Crippen molar-refractivity contribution in [1.82, 2.24) is 5.32 Å². The van der Waals surface area contributed by atoms with E-state index in [-0.39, 0.29) is 19.8 Å². The van der Waals surface area contributed by atoms with E-state index in [4.69, 9.17) is 24.1 Å². The molecule has 2 N–H and O–H groups in total. The molecule has 0 aliphatic heterocycles. The van der Waals surface area contributed by atoms with Crippen LogP contribution in [0.5, 0.6) is 17.2 Å². The number of carbonyl (C=O) groups is 1. The summed E-state index contributed by atoms with van der Waals surface area (Å²) in [5.74, 6) is 1.63. The van der Waals surface area contributed by atoms with Crippen LogP contribution < -0.4 is 19.5 Å². The molecule has 0 spiro atoms. The van der Waals surface area contributed by atoms with Gasteiger partial charge in [-0.1, -0.05) is 0 Å². The standard InChI is InChI=1S/C13H19NO6/c1-17-10-7-12(19-3)11(18-2)6-9(10)8-14-13(16)20-5-4-15/h6-7,15H,4-5,8H2,1-3H3,(H,14,16). The number of hydrogen-bond donors (Lipinski definition) is 2. The smallest absolute Gasteiger partial charge is 0.407 e. The molecule has 0 unspecified atom stereocenters. The lowest BCUT2D eigenvalue weighted by Gasteiger charge is -2.14. The number of hydrogen-bond acceptors (Lipinski definition) is 6. The summed E-state index contributed by atoms with van der Waals surface area (Å²) in [6.45, 7) is -0.0597. The fourth-order valence-electron chi connectivity index (χ4n) is 1.59. The van der Waals surface area contributed by atoms with Gasteiger partial charge in [0.05, 0.1) is 27.9 Å². The van der Waals surface area contributed by atoms with Gasteiger partial charge in [-0.25, -0.2) is 4.79 Å². The molecule has 0 saturated carbocycles. The summed E-state index contributed by atoms with van der Waals surface area (Å²) in [7, 11) is 4.58. The Morgan fingerprint density at radius 3 is 2.25 bits per heavy atom. The average Bonchev–Trinajstić information content (AvgIpc) is 2.49. The topological polar surface area (TPSA) is 86.2 Å². The summed E-state index contributed by atoms with van der Waals surface area (Å²) in [6, 6.07) is 3.39. The minimum Gasteiger partial charge on any atom is -0.496 e. The summed E-state index contributed by atoms with van der Waals surface area (Å²) < 4.78 is 20.3. The second kappa shape index (κ2) is 8.11. The Morgan fingerprint density at radius 2 is 1.70 bits per heavy atom. The molecule has 0 radical (unpaired) electrons. The molecule has 0 aliphatic rings. The van der Waals surface area contributed by atoms with Crippen molar-refractivity contribution in [2.75, 3.05) is 34.5 Å². The highest BCUT2D eigenvalue weighted by molar-refractivity contribution is 5.67. The number of alkyl carbamates (subject to hydrolysis) is 1. The Kier molecular flexibility index (Phi) is 6.45. The van der Waals surface area contributed by atoms with E-state index >= 15 is 0 Å². The average molecular weight is 285 g/mol. The monoisotopic (exact) mass is 285 g/mol. The molecule has 1 amide bonds. The number of nitrogens with one attached hydrogen (secondary N) is 1. The Balaban J connectivity index is 2.80. The molecule has 0 heterocycles. The molecule has 0 atom stereocenters. The van der Waals surface area contributed by atoms with E-state index in [9.17, 15) is 4.79 Å². The number of amides is 1. The molecule has 7 nitrogen and oxygen atoms in total. The normalized spacial score (nSPS) is 9.80. The van der Waals surface area contributed by atoms with E-state index in [1.807, 2.05) is 0 Å². The van der Waals surface area contributed by atoms with Crippen LogP contribution >= 0.6 is 0 Å². The third-order valence-electron chi connectivity index (χ3n) is 2.53. The molecule has 0 aromatic heterocycles. The number of carbonyl (C=O) groups excluding carboxylic acids is 1. The number of ether oxygens (including phenoxy) is 4. The molecule has 20 heavy (non-hydrogen) atoms. The molecule has 112 valence electrons. The fraction of sp³-hybridized carbons (Fsp3) is 0.462. The fourth-order valence-corrected chi connectivity index (χ4v) is 1.59. The number of aliphatic hydroxyl groups excluding tert-OH is 1. The Bertz CT molecular complexity index is 449. The van der Waals surface area contributed by atoms with Crippen LogP contribution in [0.2, 0.25) is 0 Å². The molecular weight excluding hydrogens is 266 g/mol. The first kappa shape index (κ1) is 15.9. The third-order valence-corrected chi connectivity index (χ3v) is 2.53. The summed E-state index contributed by atoms with van der Waals surface area (Å²) in [4.78, 5) is 11.3. The highest BCUT2D eigenvalue weighted by Crippen LogP contribution is 2.34. The SMILES string of the molecule is COc1cc(OC)c(OC)cc1CNC(=O)OCCO. The summed E-state index contributed by atoms with van der Waals surface area (Å²) in [5, 5.41) is 11.1. The summed E-state index contributed by atoms with van der Waals surface area (Å²) >= 11 is 0. The second-order valence-electron chi connectivity index (χ2n) is 3.73. The molecule has 1 rings (SSSR count). The third kappa shape index (κ3) is 4.20. The first-order chi connectivity index (χ1) is 9.65. The largest absolute Gasteiger partial charge is 0.496 e. The van der Waals surface area contributed by atoms with Crippen LogP contribution in [0.3, 0.4) is 0 Å². The van der Waals surface area contributed by atoms with Gasteiger partial charge >= 0.3 is 6.09 Å². The van der Waals surface area contributed by atoms with Gasteiger partial charge in [-0.2, -0.15) is 0 Å². The number of rotatable bonds is 7. The van der Waals surface area contributed by atoms with E-state index in [0.29, 0.717) is 22.8 Å². The van der Waals surface area contributed by atoms with Crippen LogP contribution in [-0.2, 0) is 11.3 Å². The van der Waals surface area contributed by atoms with E-state index < -0.39 is 6.09 Å². The second-order valence-corrected chi connectivity index (χ2v) is 3.73. The van der Waals surface area contributed by atoms with E-state index in [1.54, 1.807) is 12.1 Å². The van der Waals surface area contributed by atoms with Crippen molar-refractivity contribution < 1.29 is 28.8 Å². The molecule has 1 aromatic carbocycles. The first-order valence-corrected chi connectivity index (χ1v) is 5.96. The minimum atomic E-state index is -0.615. The molecule has 0 saturated heterocycles. The van der Waals surface area contributed by atoms with Crippen molar-refractivity contribution in [1.29, 1.82) is 0 Å². The van der Waals surface area contributed by atoms with Crippen molar-refractivity contribution >= 4 is 6.09 Å². The summed E-state index contributed by atoms with van der Waals surface area (Å²) in [5.41, 5.74) is 0.714. The van der Waals surface area contributed by atoms with Gasteiger partial charge in [0.15, 0.2) is 11.5 Å². The molecule has 7 heteroatoms. The van der Waals surface area contributed by atoms with Crippen molar-refractivity contribution in [2.45, 2.75) is 6.54 Å². The molecule has 0 bridgehead atoms. The number of benzene rings is 1. The highest BCUT2D eigenvalue weighted by atomic mass is 16.6. The molecule has 0 fully saturated rings. The van der Waals surface area contributed by atoms with Gasteiger partial charge in [0.1, 0.15) is 12.4 Å². The zero-order chi connectivity index (χ0) is 15.0.